The van der Waals surface area contributed by atoms with Crippen LogP contribution in [0.25, 0.3) is 11.1 Å². The fourth-order valence-corrected chi connectivity index (χ4v) is 20.5. The van der Waals surface area contributed by atoms with Gasteiger partial charge in [0, 0.05) is 0 Å². The molecule has 0 aliphatic heterocycles. The summed E-state index contributed by atoms with van der Waals surface area (Å²) in [6.07, 6.45) is 0. The zero-order valence-corrected chi connectivity index (χ0v) is 24.6. The van der Waals surface area contributed by atoms with Crippen LogP contribution in [0.15, 0.2) is 48.5 Å². The van der Waals surface area contributed by atoms with E-state index >= 15 is 0 Å². The molecule has 3 rings (SSSR count). The van der Waals surface area contributed by atoms with Gasteiger partial charge < -0.3 is 0 Å². The van der Waals surface area contributed by atoms with Crippen molar-refractivity contribution >= 4 is 37.3 Å². The molecule has 0 radical (unpaired) electrons. The van der Waals surface area contributed by atoms with Crippen LogP contribution >= 0.6 is 24.8 Å². The van der Waals surface area contributed by atoms with Gasteiger partial charge in [0.15, 0.2) is 0 Å². The average molecular weight is 548 g/mol. The molecule has 0 unspecified atom stereocenters. The molecule has 0 fully saturated rings. The van der Waals surface area contributed by atoms with Crippen molar-refractivity contribution in [2.24, 2.45) is 0 Å². The zero-order valence-electron chi connectivity index (χ0n) is 19.5. The van der Waals surface area contributed by atoms with Gasteiger partial charge in [0.1, 0.15) is 0 Å². The van der Waals surface area contributed by atoms with E-state index in [0.717, 1.165) is 10.7 Å². The monoisotopic (exact) mass is 545 g/mol. The van der Waals surface area contributed by atoms with E-state index in [9.17, 15) is 0 Å². The van der Waals surface area contributed by atoms with Gasteiger partial charge in [-0.15, -0.1) is 24.8 Å². The summed E-state index contributed by atoms with van der Waals surface area (Å²) in [6, 6.07) is 17.9. The number of benzene rings is 2. The fraction of sp³-hybridized carbons (Fsp3) is 0.458. The summed E-state index contributed by atoms with van der Waals surface area (Å²) in [5, 5.41) is 0. The molecule has 1 aliphatic carbocycles. The van der Waals surface area contributed by atoms with Crippen LogP contribution < -0.4 is 3.26 Å². The number of hydrogen-bond donors (Lipinski definition) is 1. The van der Waals surface area contributed by atoms with Crippen molar-refractivity contribution in [2.75, 3.05) is 6.61 Å². The molecule has 1 N–H and O–H groups in total. The van der Waals surface area contributed by atoms with E-state index in [1.54, 1.807) is 0 Å². The molecule has 0 atom stereocenters. The van der Waals surface area contributed by atoms with Crippen LogP contribution in [0.3, 0.4) is 0 Å². The van der Waals surface area contributed by atoms with E-state index in [1.807, 2.05) is 0 Å². The Labute approximate surface area is 198 Å². The van der Waals surface area contributed by atoms with Gasteiger partial charge in [-0.2, -0.15) is 0 Å². The third-order valence-electron chi connectivity index (χ3n) is 5.76. The van der Waals surface area contributed by atoms with E-state index in [1.165, 1.54) is 22.3 Å². The van der Waals surface area contributed by atoms with Crippen molar-refractivity contribution in [3.05, 3.63) is 59.7 Å². The zero-order chi connectivity index (χ0) is 20.8. The van der Waals surface area contributed by atoms with Crippen molar-refractivity contribution in [3.63, 3.8) is 0 Å². The first-order valence-corrected chi connectivity index (χ1v) is 22.5. The molecule has 1 aliphatic rings. The van der Waals surface area contributed by atoms with Crippen molar-refractivity contribution in [3.8, 4) is 11.1 Å². The first-order valence-electron chi connectivity index (χ1n) is 10.5. The van der Waals surface area contributed by atoms with Gasteiger partial charge in [-0.05, 0) is 0 Å². The molecule has 0 bridgehead atoms. The van der Waals surface area contributed by atoms with Crippen LogP contribution in [-0.2, 0) is 23.0 Å². The standard InChI is InChI=1S/C13H9.C5H13OSi.C4H10N.CH3.CH2.2ClH.Zr/c1-3-7-12-10(5-1)9-11-6-2-4-8-13(11)12;1-5-6-7(2,3)4;1-4(2,3)5;;;;;/h1-9H;1,5H2,2-4H3;5H,1-3H3;1H3;1H2;2*1H;/q;;-1;;;;;+1. The number of nitrogens with one attached hydrogen (secondary N) is 1. The first kappa shape index (κ1) is 27.9. The third kappa shape index (κ3) is 6.03. The summed E-state index contributed by atoms with van der Waals surface area (Å²) in [7, 11) is -1.55. The Morgan fingerprint density at radius 2 is 1.37 bits per heavy atom. The van der Waals surface area contributed by atoms with Crippen molar-refractivity contribution in [2.45, 2.75) is 58.3 Å². The van der Waals surface area contributed by atoms with E-state index in [-0.39, 0.29) is 30.4 Å². The Morgan fingerprint density at radius 3 is 1.77 bits per heavy atom. The van der Waals surface area contributed by atoms with Gasteiger partial charge >= 0.3 is 175 Å². The predicted octanol–water partition coefficient (Wildman–Crippen LogP) is 7.34. The molecule has 0 spiro atoms. The normalized spacial score (nSPS) is 14.4. The molecule has 0 aromatic heterocycles. The summed E-state index contributed by atoms with van der Waals surface area (Å²) < 4.78 is 19.6. The molecule has 0 saturated heterocycles. The summed E-state index contributed by atoms with van der Waals surface area (Å²) in [6.45, 7) is 14.5. The topological polar surface area (TPSA) is 21.3 Å². The molecule has 2 nitrogen and oxygen atoms in total. The fourth-order valence-electron chi connectivity index (χ4n) is 5.10. The SMILES string of the molecule is Cl.Cl.[CH2]=[Zr]([CH3])([CH2]CO[Si](C)(C)C)([NH]C(C)(C)C)[CH]1c2ccccc2-c2ccccc21. The van der Waals surface area contributed by atoms with Crippen LogP contribution in [-0.4, -0.2) is 24.7 Å². The molecular formula is C24H39Cl2NOSiZr. The Morgan fingerprint density at radius 1 is 0.933 bits per heavy atom. The van der Waals surface area contributed by atoms with Gasteiger partial charge in [-0.1, -0.05) is 0 Å². The second kappa shape index (κ2) is 9.41. The molecule has 0 heterocycles. The maximum absolute atomic E-state index is 6.35. The number of halogens is 2. The summed E-state index contributed by atoms with van der Waals surface area (Å²) >= 11 is -3.78. The van der Waals surface area contributed by atoms with E-state index in [2.05, 4.69) is 96.8 Å². The Bertz CT molecular complexity index is 903. The molecule has 30 heavy (non-hydrogen) atoms. The van der Waals surface area contributed by atoms with Crippen molar-refractivity contribution in [1.82, 2.24) is 3.26 Å². The molecule has 0 saturated carbocycles. The Kier molecular flexibility index (Phi) is 8.77. The summed E-state index contributed by atoms with van der Waals surface area (Å²) in [5.74, 6) is 0. The summed E-state index contributed by atoms with van der Waals surface area (Å²) in [5.41, 5.74) is 5.70. The maximum atomic E-state index is 6.35. The molecule has 2 aromatic rings. The predicted molar refractivity (Wildman–Crippen MR) is 138 cm³/mol. The van der Waals surface area contributed by atoms with Gasteiger partial charge in [0.2, 0.25) is 0 Å². The van der Waals surface area contributed by atoms with Gasteiger partial charge in [0.25, 0.3) is 0 Å². The second-order valence-corrected chi connectivity index (χ2v) is 30.7. The minimum absolute atomic E-state index is 0. The third-order valence-corrected chi connectivity index (χ3v) is 20.1. The molecule has 2 aromatic carbocycles. The molecule has 0 amide bonds. The van der Waals surface area contributed by atoms with Crippen LogP contribution in [0.2, 0.25) is 28.4 Å². The van der Waals surface area contributed by atoms with Gasteiger partial charge in [-0.3, -0.25) is 0 Å². The van der Waals surface area contributed by atoms with Gasteiger partial charge in [0.05, 0.1) is 0 Å². The Hall–Kier alpha value is -0.0900. The van der Waals surface area contributed by atoms with E-state index < -0.39 is 26.9 Å². The quantitative estimate of drug-likeness (QED) is 0.382. The summed E-state index contributed by atoms with van der Waals surface area (Å²) in [4.78, 5) is 0. The van der Waals surface area contributed by atoms with Crippen molar-refractivity contribution < 1.29 is 23.0 Å². The number of hydrogen-bond acceptors (Lipinski definition) is 2. The Balaban J connectivity index is 0.00000225. The first-order chi connectivity index (χ1) is 12.8. The minimum atomic E-state index is -3.78. The van der Waals surface area contributed by atoms with Crippen LogP contribution in [0.4, 0.5) is 0 Å². The van der Waals surface area contributed by atoms with E-state index in [0.29, 0.717) is 3.63 Å². The van der Waals surface area contributed by atoms with Crippen molar-refractivity contribution in [1.29, 1.82) is 0 Å². The van der Waals surface area contributed by atoms with Gasteiger partial charge in [-0.25, -0.2) is 0 Å². The number of fused-ring (bicyclic) bond motifs is 3. The molecular weight excluding hydrogens is 508 g/mol. The average Bonchev–Trinajstić information content (AvgIpc) is 2.87. The van der Waals surface area contributed by atoms with Crippen LogP contribution in [0, 0.1) is 0 Å². The van der Waals surface area contributed by atoms with Crippen LogP contribution in [0.5, 0.6) is 0 Å². The molecule has 168 valence electrons. The molecule has 6 heteroatoms. The van der Waals surface area contributed by atoms with Crippen LogP contribution in [0.1, 0.15) is 35.5 Å². The second-order valence-electron chi connectivity index (χ2n) is 11.1. The number of rotatable bonds is 6. The van der Waals surface area contributed by atoms with E-state index in [4.69, 9.17) is 8.64 Å².